The number of likely N-dealkylation sites (N-methyl/N-ethyl adjacent to an activating group) is 1. The number of nitrogens with zero attached hydrogens (tertiary/aromatic N) is 1. The molecular weight excluding hydrogens is 136 g/mol. The number of hydrogen-bond donors (Lipinski definition) is 1. The van der Waals surface area contributed by atoms with Gasteiger partial charge in [0.1, 0.15) is 0 Å². The number of hydrogen-bond acceptors (Lipinski definition) is 2. The third-order valence-corrected chi connectivity index (χ3v) is 1.54. The van der Waals surface area contributed by atoms with Gasteiger partial charge in [0.05, 0.1) is 0 Å². The van der Waals surface area contributed by atoms with E-state index in [9.17, 15) is 0 Å². The van der Waals surface area contributed by atoms with Crippen molar-refractivity contribution in [3.63, 3.8) is 0 Å². The van der Waals surface area contributed by atoms with Gasteiger partial charge in [0, 0.05) is 19.6 Å². The van der Waals surface area contributed by atoms with Gasteiger partial charge in [-0.15, -0.1) is 6.58 Å². The van der Waals surface area contributed by atoms with Gasteiger partial charge in [0.2, 0.25) is 0 Å². The lowest BCUT2D eigenvalue weighted by molar-refractivity contribution is 0.366. The van der Waals surface area contributed by atoms with Crippen LogP contribution in [0.25, 0.3) is 0 Å². The molecule has 0 aromatic heterocycles. The molecule has 0 aliphatic heterocycles. The van der Waals surface area contributed by atoms with Crippen LogP contribution in [0.3, 0.4) is 0 Å². The summed E-state index contributed by atoms with van der Waals surface area (Å²) in [5.41, 5.74) is 0. The van der Waals surface area contributed by atoms with Gasteiger partial charge in [0.15, 0.2) is 0 Å². The molecule has 0 heterocycles. The molecular formula is C9H20N2. The lowest BCUT2D eigenvalue weighted by Crippen LogP contribution is -2.29. The molecule has 11 heavy (non-hydrogen) atoms. The molecule has 2 nitrogen and oxygen atoms in total. The Morgan fingerprint density at radius 3 is 2.73 bits per heavy atom. The lowest BCUT2D eigenvalue weighted by Gasteiger charge is -2.13. The second kappa shape index (κ2) is 7.76. The maximum atomic E-state index is 3.68. The normalized spacial score (nSPS) is 10.5. The van der Waals surface area contributed by atoms with Gasteiger partial charge in [-0.2, -0.15) is 0 Å². The fourth-order valence-corrected chi connectivity index (χ4v) is 0.883. The third-order valence-electron chi connectivity index (χ3n) is 1.54. The van der Waals surface area contributed by atoms with Crippen molar-refractivity contribution in [2.45, 2.75) is 13.3 Å². The predicted molar refractivity (Wildman–Crippen MR) is 50.9 cm³/mol. The summed E-state index contributed by atoms with van der Waals surface area (Å²) in [6, 6.07) is 0. The van der Waals surface area contributed by atoms with Gasteiger partial charge in [-0.3, -0.25) is 0 Å². The van der Waals surface area contributed by atoms with Crippen molar-refractivity contribution in [1.29, 1.82) is 0 Å². The van der Waals surface area contributed by atoms with Crippen LogP contribution in [0.2, 0.25) is 0 Å². The summed E-state index contributed by atoms with van der Waals surface area (Å²) in [6.45, 7) is 10.2. The molecule has 0 aliphatic rings. The van der Waals surface area contributed by atoms with Crippen LogP contribution in [0, 0.1) is 0 Å². The summed E-state index contributed by atoms with van der Waals surface area (Å²) in [5, 5.41) is 3.35. The molecule has 0 amide bonds. The Kier molecular flexibility index (Phi) is 7.52. The van der Waals surface area contributed by atoms with Crippen LogP contribution >= 0.6 is 0 Å². The Bertz CT molecular complexity index is 91.6. The Balaban J connectivity index is 3.03. The van der Waals surface area contributed by atoms with Gasteiger partial charge in [-0.1, -0.05) is 13.0 Å². The molecule has 0 rings (SSSR count). The summed E-state index contributed by atoms with van der Waals surface area (Å²) in [6.07, 6.45) is 3.14. The molecule has 2 heteroatoms. The van der Waals surface area contributed by atoms with E-state index in [1.807, 2.05) is 6.08 Å². The Morgan fingerprint density at radius 2 is 2.18 bits per heavy atom. The quantitative estimate of drug-likeness (QED) is 0.439. The largest absolute Gasteiger partial charge is 0.315 e. The molecule has 0 fully saturated rings. The highest BCUT2D eigenvalue weighted by atomic mass is 15.1. The fraction of sp³-hybridized carbons (Fsp3) is 0.778. The van der Waals surface area contributed by atoms with E-state index >= 15 is 0 Å². The molecule has 0 bridgehead atoms. The second-order valence-electron chi connectivity index (χ2n) is 2.80. The zero-order chi connectivity index (χ0) is 8.53. The van der Waals surface area contributed by atoms with E-state index in [-0.39, 0.29) is 0 Å². The van der Waals surface area contributed by atoms with E-state index in [0.29, 0.717) is 0 Å². The highest BCUT2D eigenvalue weighted by molar-refractivity contribution is 4.71. The molecule has 0 unspecified atom stereocenters. The summed E-state index contributed by atoms with van der Waals surface area (Å²) >= 11 is 0. The molecule has 0 aromatic rings. The monoisotopic (exact) mass is 156 g/mol. The molecule has 0 aliphatic carbocycles. The highest BCUT2D eigenvalue weighted by Gasteiger charge is 1.92. The first-order valence-electron chi connectivity index (χ1n) is 4.31. The fourth-order valence-electron chi connectivity index (χ4n) is 0.883. The Labute approximate surface area is 70.3 Å². The van der Waals surface area contributed by atoms with Crippen LogP contribution in [0.15, 0.2) is 12.7 Å². The maximum absolute atomic E-state index is 3.68. The summed E-state index contributed by atoms with van der Waals surface area (Å²) in [7, 11) is 2.11. The van der Waals surface area contributed by atoms with E-state index < -0.39 is 0 Å². The first-order chi connectivity index (χ1) is 5.31. The summed E-state index contributed by atoms with van der Waals surface area (Å²) < 4.78 is 0. The SMILES string of the molecule is C=CCN(C)CCNCCC. The number of nitrogens with one attached hydrogen (secondary N) is 1. The maximum Gasteiger partial charge on any atom is 0.0158 e. The van der Waals surface area contributed by atoms with E-state index in [1.165, 1.54) is 6.42 Å². The second-order valence-corrected chi connectivity index (χ2v) is 2.80. The van der Waals surface area contributed by atoms with Crippen molar-refractivity contribution in [2.24, 2.45) is 0 Å². The molecule has 66 valence electrons. The highest BCUT2D eigenvalue weighted by Crippen LogP contribution is 1.80. The van der Waals surface area contributed by atoms with Crippen molar-refractivity contribution >= 4 is 0 Å². The summed E-state index contributed by atoms with van der Waals surface area (Å²) in [4.78, 5) is 2.25. The minimum atomic E-state index is 0.980. The standard InChI is InChI=1S/C9H20N2/c1-4-6-10-7-9-11(3)8-5-2/h5,10H,2,4,6-9H2,1,3H3. The van der Waals surface area contributed by atoms with Crippen LogP contribution in [-0.2, 0) is 0 Å². The van der Waals surface area contributed by atoms with Crippen LogP contribution in [0.5, 0.6) is 0 Å². The smallest absolute Gasteiger partial charge is 0.0158 e. The molecule has 0 saturated heterocycles. The third kappa shape index (κ3) is 7.56. The predicted octanol–water partition coefficient (Wildman–Crippen LogP) is 1.10. The number of rotatable bonds is 7. The summed E-state index contributed by atoms with van der Waals surface area (Å²) in [5.74, 6) is 0. The zero-order valence-electron chi connectivity index (χ0n) is 7.77. The van der Waals surface area contributed by atoms with E-state index in [0.717, 1.165) is 26.2 Å². The Morgan fingerprint density at radius 1 is 1.45 bits per heavy atom. The lowest BCUT2D eigenvalue weighted by atomic mass is 10.4. The topological polar surface area (TPSA) is 15.3 Å². The zero-order valence-corrected chi connectivity index (χ0v) is 7.77. The molecule has 0 radical (unpaired) electrons. The van der Waals surface area contributed by atoms with E-state index in [4.69, 9.17) is 0 Å². The average Bonchev–Trinajstić information content (AvgIpc) is 1.99. The van der Waals surface area contributed by atoms with Crippen molar-refractivity contribution in [3.05, 3.63) is 12.7 Å². The van der Waals surface area contributed by atoms with Gasteiger partial charge in [-0.25, -0.2) is 0 Å². The minimum absolute atomic E-state index is 0.980. The van der Waals surface area contributed by atoms with Gasteiger partial charge >= 0.3 is 0 Å². The van der Waals surface area contributed by atoms with Crippen LogP contribution in [0.1, 0.15) is 13.3 Å². The first-order valence-corrected chi connectivity index (χ1v) is 4.31. The van der Waals surface area contributed by atoms with Crippen LogP contribution in [0.4, 0.5) is 0 Å². The molecule has 0 spiro atoms. The van der Waals surface area contributed by atoms with Crippen molar-refractivity contribution in [3.8, 4) is 0 Å². The Hall–Kier alpha value is -0.340. The van der Waals surface area contributed by atoms with E-state index in [2.05, 4.69) is 30.8 Å². The van der Waals surface area contributed by atoms with Gasteiger partial charge < -0.3 is 10.2 Å². The van der Waals surface area contributed by atoms with Gasteiger partial charge in [-0.05, 0) is 20.0 Å². The minimum Gasteiger partial charge on any atom is -0.315 e. The molecule has 0 saturated carbocycles. The molecule has 1 N–H and O–H groups in total. The van der Waals surface area contributed by atoms with Crippen LogP contribution in [-0.4, -0.2) is 38.1 Å². The van der Waals surface area contributed by atoms with Crippen molar-refractivity contribution in [1.82, 2.24) is 10.2 Å². The van der Waals surface area contributed by atoms with E-state index in [1.54, 1.807) is 0 Å². The molecule has 0 atom stereocenters. The van der Waals surface area contributed by atoms with Gasteiger partial charge in [0.25, 0.3) is 0 Å². The molecule has 0 aromatic carbocycles. The van der Waals surface area contributed by atoms with Crippen molar-refractivity contribution in [2.75, 3.05) is 33.2 Å². The average molecular weight is 156 g/mol. The first kappa shape index (κ1) is 10.7. The van der Waals surface area contributed by atoms with Crippen LogP contribution < -0.4 is 5.32 Å². The van der Waals surface area contributed by atoms with Crippen molar-refractivity contribution < 1.29 is 0 Å².